The smallest absolute Gasteiger partial charge is 0.478 e. The Kier molecular flexibility index (Phi) is 9.12. The second-order valence-corrected chi connectivity index (χ2v) is 8.56. The molecule has 0 atom stereocenters. The number of alkyl halides is 3. The number of nitrogens with one attached hydrogen (secondary N) is 1. The van der Waals surface area contributed by atoms with Gasteiger partial charge in [-0.3, -0.25) is 4.79 Å². The summed E-state index contributed by atoms with van der Waals surface area (Å²) in [5.74, 6) is -4.35. The number of carboxylic acids is 2. The standard InChI is InChI=1S/C25H24FN3O3.C2HF3O2/c1-17-4-2-3-5-21(17)24(30)27-19-8-11-23(22(16-19)25(31)32)29-14-12-28(13-15-29)20-9-6-18(26)7-10-20;3-2(4,5)1(6)7/h2-11,16H,12-15H2,1H3,(H,27,30)(H,31,32);(H,6,7). The zero-order valence-corrected chi connectivity index (χ0v) is 20.7. The Hall–Kier alpha value is -4.61. The number of rotatable bonds is 5. The molecule has 0 saturated carbocycles. The fraction of sp³-hybridized carbons (Fsp3) is 0.222. The Morgan fingerprint density at radius 3 is 1.92 bits per heavy atom. The molecule has 3 N–H and O–H groups in total. The van der Waals surface area contributed by atoms with E-state index in [9.17, 15) is 32.3 Å². The number of benzene rings is 3. The number of amides is 1. The maximum absolute atomic E-state index is 13.2. The summed E-state index contributed by atoms with van der Waals surface area (Å²) in [4.78, 5) is 37.6. The monoisotopic (exact) mass is 547 g/mol. The van der Waals surface area contributed by atoms with E-state index in [0.29, 0.717) is 43.1 Å². The van der Waals surface area contributed by atoms with Gasteiger partial charge in [-0.25, -0.2) is 14.0 Å². The van der Waals surface area contributed by atoms with Crippen LogP contribution in [-0.4, -0.2) is 60.4 Å². The molecular weight excluding hydrogens is 522 g/mol. The Labute approximate surface area is 221 Å². The summed E-state index contributed by atoms with van der Waals surface area (Å²) < 4.78 is 44.9. The number of nitrogens with zero attached hydrogens (tertiary/aromatic N) is 2. The molecule has 12 heteroatoms. The van der Waals surface area contributed by atoms with Gasteiger partial charge in [0.25, 0.3) is 5.91 Å². The molecule has 8 nitrogen and oxygen atoms in total. The number of aliphatic carboxylic acids is 1. The number of hydrogen-bond acceptors (Lipinski definition) is 5. The van der Waals surface area contributed by atoms with Gasteiger partial charge >= 0.3 is 18.1 Å². The predicted octanol–water partition coefficient (Wildman–Crippen LogP) is 5.04. The van der Waals surface area contributed by atoms with Crippen molar-refractivity contribution in [2.45, 2.75) is 13.1 Å². The Balaban J connectivity index is 0.000000532. The molecular formula is C27H25F4N3O5. The van der Waals surface area contributed by atoms with Crippen LogP contribution >= 0.6 is 0 Å². The number of anilines is 3. The summed E-state index contributed by atoms with van der Waals surface area (Å²) in [6.45, 7) is 4.50. The van der Waals surface area contributed by atoms with E-state index in [-0.39, 0.29) is 17.3 Å². The Morgan fingerprint density at radius 2 is 1.38 bits per heavy atom. The predicted molar refractivity (Wildman–Crippen MR) is 137 cm³/mol. The van der Waals surface area contributed by atoms with Gasteiger partial charge in [0, 0.05) is 43.1 Å². The van der Waals surface area contributed by atoms with Crippen molar-refractivity contribution in [1.82, 2.24) is 0 Å². The van der Waals surface area contributed by atoms with Crippen molar-refractivity contribution in [3.05, 3.63) is 89.2 Å². The lowest BCUT2D eigenvalue weighted by molar-refractivity contribution is -0.192. The molecule has 0 unspecified atom stereocenters. The van der Waals surface area contributed by atoms with Gasteiger partial charge in [0.1, 0.15) is 5.82 Å². The third-order valence-electron chi connectivity index (χ3n) is 5.93. The summed E-state index contributed by atoms with van der Waals surface area (Å²) in [7, 11) is 0. The van der Waals surface area contributed by atoms with E-state index in [1.165, 1.54) is 18.2 Å². The maximum Gasteiger partial charge on any atom is 0.490 e. The minimum absolute atomic E-state index is 0.141. The largest absolute Gasteiger partial charge is 0.490 e. The molecule has 1 heterocycles. The average molecular weight is 548 g/mol. The van der Waals surface area contributed by atoms with Crippen LogP contribution in [0.2, 0.25) is 0 Å². The number of carboxylic acid groups (broad SMARTS) is 2. The van der Waals surface area contributed by atoms with E-state index in [4.69, 9.17) is 9.90 Å². The van der Waals surface area contributed by atoms with Crippen molar-refractivity contribution in [2.75, 3.05) is 41.3 Å². The minimum atomic E-state index is -5.08. The number of carbonyl (C=O) groups is 3. The summed E-state index contributed by atoms with van der Waals surface area (Å²) in [6.07, 6.45) is -5.08. The molecule has 1 saturated heterocycles. The van der Waals surface area contributed by atoms with Crippen molar-refractivity contribution in [2.24, 2.45) is 0 Å². The number of piperazine rings is 1. The second-order valence-electron chi connectivity index (χ2n) is 8.56. The van der Waals surface area contributed by atoms with Crippen LogP contribution in [0.4, 0.5) is 34.6 Å². The van der Waals surface area contributed by atoms with E-state index in [0.717, 1.165) is 11.3 Å². The molecule has 1 amide bonds. The lowest BCUT2D eigenvalue weighted by Crippen LogP contribution is -2.47. The van der Waals surface area contributed by atoms with Crippen molar-refractivity contribution in [1.29, 1.82) is 0 Å². The quantitative estimate of drug-likeness (QED) is 0.384. The van der Waals surface area contributed by atoms with Crippen LogP contribution in [0.3, 0.4) is 0 Å². The summed E-state index contributed by atoms with van der Waals surface area (Å²) in [5.41, 5.74) is 3.53. The molecule has 3 aromatic carbocycles. The number of aryl methyl sites for hydroxylation is 1. The van der Waals surface area contributed by atoms with Gasteiger partial charge in [-0.1, -0.05) is 18.2 Å². The van der Waals surface area contributed by atoms with E-state index < -0.39 is 18.1 Å². The van der Waals surface area contributed by atoms with Crippen LogP contribution in [-0.2, 0) is 4.79 Å². The van der Waals surface area contributed by atoms with Crippen LogP contribution in [0, 0.1) is 12.7 Å². The van der Waals surface area contributed by atoms with Gasteiger partial charge in [-0.2, -0.15) is 13.2 Å². The number of halogens is 4. The second kappa shape index (κ2) is 12.3. The molecule has 0 bridgehead atoms. The fourth-order valence-electron chi connectivity index (χ4n) is 3.94. The SMILES string of the molecule is Cc1ccccc1C(=O)Nc1ccc(N2CCN(c3ccc(F)cc3)CC2)c(C(=O)O)c1.O=C(O)C(F)(F)F. The Bertz CT molecular complexity index is 1340. The molecule has 1 aliphatic rings. The number of carbonyl (C=O) groups excluding carboxylic acids is 1. The molecule has 1 fully saturated rings. The lowest BCUT2D eigenvalue weighted by atomic mass is 10.1. The van der Waals surface area contributed by atoms with Gasteiger partial charge in [-0.05, 0) is 61.0 Å². The molecule has 3 aromatic rings. The molecule has 4 rings (SSSR count). The maximum atomic E-state index is 13.2. The van der Waals surface area contributed by atoms with Crippen LogP contribution < -0.4 is 15.1 Å². The van der Waals surface area contributed by atoms with Crippen molar-refractivity contribution >= 4 is 34.9 Å². The normalized spacial score (nSPS) is 13.3. The summed E-state index contributed by atoms with van der Waals surface area (Å²) in [6, 6.07) is 18.6. The zero-order valence-electron chi connectivity index (χ0n) is 20.7. The van der Waals surface area contributed by atoms with E-state index in [1.807, 2.05) is 24.0 Å². The van der Waals surface area contributed by atoms with E-state index >= 15 is 0 Å². The molecule has 0 spiro atoms. The Morgan fingerprint density at radius 1 is 0.821 bits per heavy atom. The van der Waals surface area contributed by atoms with Crippen LogP contribution in [0.25, 0.3) is 0 Å². The van der Waals surface area contributed by atoms with E-state index in [1.54, 1.807) is 36.4 Å². The van der Waals surface area contributed by atoms with Crippen LogP contribution in [0.1, 0.15) is 26.3 Å². The molecule has 0 radical (unpaired) electrons. The fourth-order valence-corrected chi connectivity index (χ4v) is 3.94. The van der Waals surface area contributed by atoms with E-state index in [2.05, 4.69) is 10.2 Å². The summed E-state index contributed by atoms with van der Waals surface area (Å²) in [5, 5.41) is 19.7. The van der Waals surface area contributed by atoms with Gasteiger partial charge in [0.15, 0.2) is 0 Å². The molecule has 1 aliphatic heterocycles. The first-order valence-corrected chi connectivity index (χ1v) is 11.7. The first-order chi connectivity index (χ1) is 18.4. The molecule has 39 heavy (non-hydrogen) atoms. The minimum Gasteiger partial charge on any atom is -0.478 e. The van der Waals surface area contributed by atoms with Crippen LogP contribution in [0.15, 0.2) is 66.7 Å². The first-order valence-electron chi connectivity index (χ1n) is 11.7. The number of hydrogen-bond donors (Lipinski definition) is 3. The van der Waals surface area contributed by atoms with Gasteiger partial charge in [-0.15, -0.1) is 0 Å². The van der Waals surface area contributed by atoms with Crippen molar-refractivity contribution in [3.8, 4) is 0 Å². The highest BCUT2D eigenvalue weighted by Gasteiger charge is 2.38. The molecule has 0 aromatic heterocycles. The van der Waals surface area contributed by atoms with Gasteiger partial charge in [0.05, 0.1) is 11.3 Å². The summed E-state index contributed by atoms with van der Waals surface area (Å²) >= 11 is 0. The third-order valence-corrected chi connectivity index (χ3v) is 5.93. The number of aromatic carboxylic acids is 1. The highest BCUT2D eigenvalue weighted by atomic mass is 19.4. The third kappa shape index (κ3) is 7.69. The first kappa shape index (κ1) is 29.0. The van der Waals surface area contributed by atoms with Crippen molar-refractivity contribution in [3.63, 3.8) is 0 Å². The van der Waals surface area contributed by atoms with Gasteiger partial charge < -0.3 is 25.3 Å². The molecule has 206 valence electrons. The average Bonchev–Trinajstić information content (AvgIpc) is 2.89. The van der Waals surface area contributed by atoms with Gasteiger partial charge in [0.2, 0.25) is 0 Å². The molecule has 0 aliphatic carbocycles. The topological polar surface area (TPSA) is 110 Å². The zero-order chi connectivity index (χ0) is 28.7. The van der Waals surface area contributed by atoms with Crippen molar-refractivity contribution < 1.29 is 42.2 Å². The van der Waals surface area contributed by atoms with Crippen LogP contribution in [0.5, 0.6) is 0 Å². The lowest BCUT2D eigenvalue weighted by Gasteiger charge is -2.38. The highest BCUT2D eigenvalue weighted by Crippen LogP contribution is 2.27. The highest BCUT2D eigenvalue weighted by molar-refractivity contribution is 6.06.